The molecule has 3 aromatic rings. The van der Waals surface area contributed by atoms with Crippen LogP contribution in [0.1, 0.15) is 0 Å². The van der Waals surface area contributed by atoms with Gasteiger partial charge in [0.15, 0.2) is 5.52 Å². The molecule has 0 atom stereocenters. The van der Waals surface area contributed by atoms with Crippen LogP contribution in [0.15, 0.2) is 33.9 Å². The van der Waals surface area contributed by atoms with Crippen LogP contribution in [0, 0.1) is 0 Å². The van der Waals surface area contributed by atoms with E-state index in [1.54, 1.807) is 18.7 Å². The number of imidazole rings is 1. The molecule has 3 rings (SSSR count). The Morgan fingerprint density at radius 2 is 1.76 bits per heavy atom. The first-order valence-electron chi connectivity index (χ1n) is 6.33. The third kappa shape index (κ3) is 1.94. The molecule has 1 aromatic carbocycles. The Hall–Kier alpha value is -2.83. The molecule has 0 fully saturated rings. The van der Waals surface area contributed by atoms with E-state index in [0.29, 0.717) is 11.5 Å². The average Bonchev–Trinajstić information content (AvgIpc) is 2.82. The average molecular weight is 286 g/mol. The molecular weight excluding hydrogens is 272 g/mol. The molecule has 108 valence electrons. The van der Waals surface area contributed by atoms with Gasteiger partial charge in [-0.3, -0.25) is 14.3 Å². The third-order valence-corrected chi connectivity index (χ3v) is 3.48. The number of aryl methyl sites for hydroxylation is 1. The van der Waals surface area contributed by atoms with Gasteiger partial charge < -0.3 is 9.30 Å². The minimum Gasteiger partial charge on any atom is -0.497 e. The van der Waals surface area contributed by atoms with Crippen LogP contribution in [0.3, 0.4) is 0 Å². The Kier molecular flexibility index (Phi) is 2.90. The van der Waals surface area contributed by atoms with Crippen molar-refractivity contribution in [2.45, 2.75) is 0 Å². The SMILES string of the molecule is COc1ccc(-c2nc3c(=O)n(C)c(=O)[nH]c3n2C)cc1. The smallest absolute Gasteiger partial charge is 0.329 e. The zero-order chi connectivity index (χ0) is 15.1. The highest BCUT2D eigenvalue weighted by molar-refractivity contribution is 5.76. The van der Waals surface area contributed by atoms with E-state index in [2.05, 4.69) is 9.97 Å². The van der Waals surface area contributed by atoms with Gasteiger partial charge in [0.1, 0.15) is 17.2 Å². The molecule has 21 heavy (non-hydrogen) atoms. The highest BCUT2D eigenvalue weighted by atomic mass is 16.5. The summed E-state index contributed by atoms with van der Waals surface area (Å²) in [6.45, 7) is 0. The van der Waals surface area contributed by atoms with Crippen molar-refractivity contribution in [2.75, 3.05) is 7.11 Å². The molecule has 0 saturated carbocycles. The predicted octanol–water partition coefficient (Wildman–Crippen LogP) is 0.636. The number of hydrogen-bond donors (Lipinski definition) is 1. The Bertz CT molecular complexity index is 932. The molecule has 0 unspecified atom stereocenters. The van der Waals surface area contributed by atoms with Gasteiger partial charge in [-0.25, -0.2) is 9.78 Å². The Morgan fingerprint density at radius 3 is 2.38 bits per heavy atom. The zero-order valence-electron chi connectivity index (χ0n) is 11.9. The minimum absolute atomic E-state index is 0.241. The number of ether oxygens (including phenoxy) is 1. The van der Waals surface area contributed by atoms with Gasteiger partial charge in [-0.15, -0.1) is 0 Å². The molecule has 2 heterocycles. The number of nitrogens with zero attached hydrogens (tertiary/aromatic N) is 3. The number of benzene rings is 1. The van der Waals surface area contributed by atoms with Crippen LogP contribution in [-0.4, -0.2) is 26.2 Å². The largest absolute Gasteiger partial charge is 0.497 e. The first kappa shape index (κ1) is 13.2. The summed E-state index contributed by atoms with van der Waals surface area (Å²) in [4.78, 5) is 30.8. The maximum atomic E-state index is 12.1. The molecular formula is C14H14N4O3. The summed E-state index contributed by atoms with van der Waals surface area (Å²) in [5.74, 6) is 1.34. The summed E-state index contributed by atoms with van der Waals surface area (Å²) < 4.78 is 7.82. The van der Waals surface area contributed by atoms with Crippen LogP contribution in [0.25, 0.3) is 22.6 Å². The second-order valence-electron chi connectivity index (χ2n) is 4.71. The van der Waals surface area contributed by atoms with Gasteiger partial charge in [0.25, 0.3) is 5.56 Å². The molecule has 0 aliphatic heterocycles. The number of aromatic amines is 1. The van der Waals surface area contributed by atoms with E-state index in [0.717, 1.165) is 15.9 Å². The normalized spacial score (nSPS) is 11.0. The maximum Gasteiger partial charge on any atom is 0.329 e. The quantitative estimate of drug-likeness (QED) is 0.749. The summed E-state index contributed by atoms with van der Waals surface area (Å²) in [6.07, 6.45) is 0. The van der Waals surface area contributed by atoms with Crippen LogP contribution in [0.5, 0.6) is 5.75 Å². The van der Waals surface area contributed by atoms with E-state index < -0.39 is 11.2 Å². The van der Waals surface area contributed by atoms with Crippen LogP contribution in [0.2, 0.25) is 0 Å². The Morgan fingerprint density at radius 1 is 1.10 bits per heavy atom. The zero-order valence-corrected chi connectivity index (χ0v) is 11.9. The van der Waals surface area contributed by atoms with Crippen molar-refractivity contribution >= 4 is 11.2 Å². The van der Waals surface area contributed by atoms with Gasteiger partial charge in [0.2, 0.25) is 0 Å². The molecule has 0 aliphatic rings. The van der Waals surface area contributed by atoms with Crippen LogP contribution < -0.4 is 16.0 Å². The second kappa shape index (κ2) is 4.62. The first-order chi connectivity index (χ1) is 10.0. The molecule has 0 saturated heterocycles. The standard InChI is InChI=1S/C14H14N4O3/c1-17-11(8-4-6-9(21-3)7-5-8)15-10-12(17)16-14(20)18(2)13(10)19/h4-7H,1-3H3,(H,16,20). The number of methoxy groups -OCH3 is 1. The summed E-state index contributed by atoms with van der Waals surface area (Å²) >= 11 is 0. The van der Waals surface area contributed by atoms with Gasteiger partial charge in [-0.1, -0.05) is 0 Å². The van der Waals surface area contributed by atoms with Crippen molar-refractivity contribution in [3.63, 3.8) is 0 Å². The molecule has 1 N–H and O–H groups in total. The van der Waals surface area contributed by atoms with E-state index in [1.165, 1.54) is 7.05 Å². The van der Waals surface area contributed by atoms with Gasteiger partial charge in [0, 0.05) is 19.7 Å². The van der Waals surface area contributed by atoms with Crippen molar-refractivity contribution in [3.05, 3.63) is 45.1 Å². The van der Waals surface area contributed by atoms with Crippen molar-refractivity contribution < 1.29 is 4.74 Å². The van der Waals surface area contributed by atoms with E-state index in [-0.39, 0.29) is 5.52 Å². The second-order valence-corrected chi connectivity index (χ2v) is 4.71. The fourth-order valence-electron chi connectivity index (χ4n) is 2.23. The predicted molar refractivity (Wildman–Crippen MR) is 78.6 cm³/mol. The topological polar surface area (TPSA) is 81.9 Å². The van der Waals surface area contributed by atoms with E-state index in [4.69, 9.17) is 4.74 Å². The van der Waals surface area contributed by atoms with Gasteiger partial charge in [-0.2, -0.15) is 0 Å². The first-order valence-corrected chi connectivity index (χ1v) is 6.33. The van der Waals surface area contributed by atoms with E-state index in [9.17, 15) is 9.59 Å². The lowest BCUT2D eigenvalue weighted by molar-refractivity contribution is 0.415. The minimum atomic E-state index is -0.461. The third-order valence-electron chi connectivity index (χ3n) is 3.48. The molecule has 0 amide bonds. The van der Waals surface area contributed by atoms with E-state index in [1.807, 2.05) is 24.3 Å². The monoisotopic (exact) mass is 286 g/mol. The number of fused-ring (bicyclic) bond motifs is 1. The molecule has 7 nitrogen and oxygen atoms in total. The number of nitrogens with one attached hydrogen (secondary N) is 1. The summed E-state index contributed by atoms with van der Waals surface area (Å²) in [6, 6.07) is 7.33. The molecule has 0 radical (unpaired) electrons. The lowest BCUT2D eigenvalue weighted by Gasteiger charge is -2.03. The molecule has 7 heteroatoms. The summed E-state index contributed by atoms with van der Waals surface area (Å²) in [5.41, 5.74) is 0.609. The maximum absolute atomic E-state index is 12.1. The molecule has 2 aromatic heterocycles. The lowest BCUT2D eigenvalue weighted by atomic mass is 10.2. The fourth-order valence-corrected chi connectivity index (χ4v) is 2.23. The van der Waals surface area contributed by atoms with Gasteiger partial charge in [0.05, 0.1) is 7.11 Å². The number of aromatic nitrogens is 4. The van der Waals surface area contributed by atoms with Crippen molar-refractivity contribution in [1.29, 1.82) is 0 Å². The Labute approximate surface area is 119 Å². The van der Waals surface area contributed by atoms with Gasteiger partial charge >= 0.3 is 5.69 Å². The Balaban J connectivity index is 2.29. The summed E-state index contributed by atoms with van der Waals surface area (Å²) in [7, 11) is 4.77. The van der Waals surface area contributed by atoms with Crippen LogP contribution in [-0.2, 0) is 14.1 Å². The number of H-pyrrole nitrogens is 1. The number of hydrogen-bond acceptors (Lipinski definition) is 4. The van der Waals surface area contributed by atoms with Crippen LogP contribution in [0.4, 0.5) is 0 Å². The highest BCUT2D eigenvalue weighted by Gasteiger charge is 2.15. The molecule has 0 bridgehead atoms. The fraction of sp³-hybridized carbons (Fsp3) is 0.214. The highest BCUT2D eigenvalue weighted by Crippen LogP contribution is 2.22. The van der Waals surface area contributed by atoms with Crippen molar-refractivity contribution in [3.8, 4) is 17.1 Å². The summed E-state index contributed by atoms with van der Waals surface area (Å²) in [5, 5.41) is 0. The number of rotatable bonds is 2. The molecule has 0 aliphatic carbocycles. The van der Waals surface area contributed by atoms with Crippen molar-refractivity contribution in [2.24, 2.45) is 14.1 Å². The van der Waals surface area contributed by atoms with E-state index >= 15 is 0 Å². The van der Waals surface area contributed by atoms with Gasteiger partial charge in [-0.05, 0) is 24.3 Å². The lowest BCUT2D eigenvalue weighted by Crippen LogP contribution is -2.32. The van der Waals surface area contributed by atoms with Crippen molar-refractivity contribution in [1.82, 2.24) is 19.1 Å². The van der Waals surface area contributed by atoms with Crippen LogP contribution >= 0.6 is 0 Å². The molecule has 0 spiro atoms.